The van der Waals surface area contributed by atoms with Gasteiger partial charge in [0.15, 0.2) is 0 Å². The molecule has 0 heterocycles. The minimum Gasteiger partial charge on any atom is -0.493 e. The highest BCUT2D eigenvalue weighted by Crippen LogP contribution is 2.25. The van der Waals surface area contributed by atoms with Gasteiger partial charge in [-0.25, -0.2) is 0 Å². The molecule has 0 spiro atoms. The molecule has 0 aliphatic carbocycles. The number of benzene rings is 1. The molecule has 0 saturated heterocycles. The predicted molar refractivity (Wildman–Crippen MR) is 160 cm³/mol. The maximum absolute atomic E-state index is 12.0. The van der Waals surface area contributed by atoms with Gasteiger partial charge in [-0.3, -0.25) is 4.79 Å². The van der Waals surface area contributed by atoms with Crippen molar-refractivity contribution in [2.45, 2.75) is 142 Å². The molecule has 5 heteroatoms. The second kappa shape index (κ2) is 25.1. The first-order valence-electron chi connectivity index (χ1n) is 15.3. The summed E-state index contributed by atoms with van der Waals surface area (Å²) in [5.41, 5.74) is 0.919. The summed E-state index contributed by atoms with van der Waals surface area (Å²) in [6.07, 6.45) is 23.1. The molecule has 0 N–H and O–H groups in total. The quantitative estimate of drug-likeness (QED) is 0.0618. The summed E-state index contributed by atoms with van der Waals surface area (Å²) in [5, 5.41) is 0.807. The summed E-state index contributed by atoms with van der Waals surface area (Å²) in [7, 11) is 0. The van der Waals surface area contributed by atoms with Crippen molar-refractivity contribution in [2.75, 3.05) is 18.5 Å². The van der Waals surface area contributed by atoms with Crippen molar-refractivity contribution in [3.05, 3.63) is 23.8 Å². The van der Waals surface area contributed by atoms with E-state index in [1.807, 2.05) is 18.2 Å². The normalized spacial score (nSPS) is 11.0. The maximum atomic E-state index is 12.0. The fourth-order valence-electron chi connectivity index (χ4n) is 4.36. The SMILES string of the molecule is CCCCCCCCCCCOc1cc(COC(=O)CCCBr)cc(OCCCCCCCCCC)c1. The Morgan fingerprint density at radius 3 is 1.49 bits per heavy atom. The average molecular weight is 584 g/mol. The van der Waals surface area contributed by atoms with Crippen LogP contribution in [0.3, 0.4) is 0 Å². The zero-order valence-electron chi connectivity index (χ0n) is 24.0. The van der Waals surface area contributed by atoms with E-state index >= 15 is 0 Å². The van der Waals surface area contributed by atoms with E-state index in [0.717, 1.165) is 41.7 Å². The highest BCUT2D eigenvalue weighted by Gasteiger charge is 2.08. The van der Waals surface area contributed by atoms with E-state index in [9.17, 15) is 4.79 Å². The second-order valence-electron chi connectivity index (χ2n) is 10.3. The Bertz CT molecular complexity index is 664. The molecular formula is C32H55BrO4. The minimum absolute atomic E-state index is 0.165. The molecule has 0 radical (unpaired) electrons. The van der Waals surface area contributed by atoms with Crippen molar-refractivity contribution < 1.29 is 19.0 Å². The molecule has 0 atom stereocenters. The topological polar surface area (TPSA) is 44.8 Å². The third kappa shape index (κ3) is 20.4. The summed E-state index contributed by atoms with van der Waals surface area (Å²) >= 11 is 3.36. The third-order valence-electron chi connectivity index (χ3n) is 6.64. The van der Waals surface area contributed by atoms with Gasteiger partial charge >= 0.3 is 5.97 Å². The van der Waals surface area contributed by atoms with Gasteiger partial charge in [0.25, 0.3) is 0 Å². The van der Waals surface area contributed by atoms with Gasteiger partial charge in [0, 0.05) is 17.8 Å². The Morgan fingerprint density at radius 1 is 0.622 bits per heavy atom. The number of esters is 1. The first kappa shape index (κ1) is 33.8. The van der Waals surface area contributed by atoms with Crippen molar-refractivity contribution in [1.82, 2.24) is 0 Å². The lowest BCUT2D eigenvalue weighted by atomic mass is 10.1. The fraction of sp³-hybridized carbons (Fsp3) is 0.781. The van der Waals surface area contributed by atoms with Gasteiger partial charge in [-0.2, -0.15) is 0 Å². The van der Waals surface area contributed by atoms with Crippen LogP contribution in [-0.2, 0) is 16.1 Å². The predicted octanol–water partition coefficient (Wildman–Crippen LogP) is 10.3. The van der Waals surface area contributed by atoms with Gasteiger partial charge in [-0.1, -0.05) is 126 Å². The summed E-state index contributed by atoms with van der Waals surface area (Å²) in [6, 6.07) is 5.94. The molecule has 1 aromatic rings. The molecule has 0 aliphatic rings. The van der Waals surface area contributed by atoms with Crippen LogP contribution in [-0.4, -0.2) is 24.5 Å². The lowest BCUT2D eigenvalue weighted by molar-refractivity contribution is -0.144. The van der Waals surface area contributed by atoms with Crippen molar-refractivity contribution in [3.63, 3.8) is 0 Å². The standard InChI is InChI=1S/C32H55BrO4/c1-3-5-7-9-11-13-15-17-19-24-36-31-26-29(28-37-32(34)21-20-22-33)25-30(27-31)35-23-18-16-14-12-10-8-6-4-2/h25-27H,3-24,28H2,1-2H3. The van der Waals surface area contributed by atoms with Crippen molar-refractivity contribution >= 4 is 21.9 Å². The van der Waals surface area contributed by atoms with Crippen LogP contribution in [0.15, 0.2) is 18.2 Å². The van der Waals surface area contributed by atoms with Crippen LogP contribution in [0.4, 0.5) is 0 Å². The summed E-state index contributed by atoms with van der Waals surface area (Å²) in [4.78, 5) is 12.0. The van der Waals surface area contributed by atoms with Crippen LogP contribution in [0.2, 0.25) is 0 Å². The van der Waals surface area contributed by atoms with E-state index in [0.29, 0.717) is 19.6 Å². The van der Waals surface area contributed by atoms with E-state index in [-0.39, 0.29) is 12.6 Å². The zero-order valence-corrected chi connectivity index (χ0v) is 25.6. The lowest BCUT2D eigenvalue weighted by Crippen LogP contribution is -2.06. The number of carbonyl (C=O) groups is 1. The van der Waals surface area contributed by atoms with Gasteiger partial charge in [0.2, 0.25) is 0 Å². The zero-order chi connectivity index (χ0) is 26.8. The Hall–Kier alpha value is -1.23. The number of hydrogen-bond donors (Lipinski definition) is 0. The lowest BCUT2D eigenvalue weighted by Gasteiger charge is -2.13. The van der Waals surface area contributed by atoms with Crippen LogP contribution < -0.4 is 9.47 Å². The maximum Gasteiger partial charge on any atom is 0.306 e. The number of rotatable bonds is 26. The number of carbonyl (C=O) groups excluding carboxylic acids is 1. The Balaban J connectivity index is 2.42. The Labute approximate surface area is 236 Å². The Morgan fingerprint density at radius 2 is 1.05 bits per heavy atom. The number of alkyl halides is 1. The van der Waals surface area contributed by atoms with Crippen molar-refractivity contribution in [2.24, 2.45) is 0 Å². The first-order valence-corrected chi connectivity index (χ1v) is 16.4. The highest BCUT2D eigenvalue weighted by molar-refractivity contribution is 9.09. The molecule has 0 unspecified atom stereocenters. The number of halogens is 1. The monoisotopic (exact) mass is 582 g/mol. The molecular weight excluding hydrogens is 528 g/mol. The van der Waals surface area contributed by atoms with Crippen LogP contribution >= 0.6 is 15.9 Å². The minimum atomic E-state index is -0.165. The van der Waals surface area contributed by atoms with Gasteiger partial charge in [0.1, 0.15) is 18.1 Å². The first-order chi connectivity index (χ1) is 18.2. The molecule has 0 amide bonds. The van der Waals surface area contributed by atoms with Crippen molar-refractivity contribution in [3.8, 4) is 11.5 Å². The second-order valence-corrected chi connectivity index (χ2v) is 11.1. The molecule has 1 rings (SSSR count). The summed E-state index contributed by atoms with van der Waals surface area (Å²) < 4.78 is 17.6. The largest absolute Gasteiger partial charge is 0.493 e. The van der Waals surface area contributed by atoms with E-state index in [4.69, 9.17) is 14.2 Å². The Kier molecular flexibility index (Phi) is 22.9. The van der Waals surface area contributed by atoms with Crippen molar-refractivity contribution in [1.29, 1.82) is 0 Å². The van der Waals surface area contributed by atoms with Gasteiger partial charge in [-0.15, -0.1) is 0 Å². The number of ether oxygens (including phenoxy) is 3. The molecule has 4 nitrogen and oxygen atoms in total. The average Bonchev–Trinajstić information content (AvgIpc) is 2.90. The number of unbranched alkanes of at least 4 members (excludes halogenated alkanes) is 15. The summed E-state index contributed by atoms with van der Waals surface area (Å²) in [5.74, 6) is 1.44. The summed E-state index contributed by atoms with van der Waals surface area (Å²) in [6.45, 7) is 6.20. The molecule has 214 valence electrons. The number of hydrogen-bond acceptors (Lipinski definition) is 4. The van der Waals surface area contributed by atoms with Crippen LogP contribution in [0.1, 0.15) is 141 Å². The third-order valence-corrected chi connectivity index (χ3v) is 7.20. The molecule has 1 aromatic carbocycles. The molecule has 0 saturated carbocycles. The smallest absolute Gasteiger partial charge is 0.306 e. The van der Waals surface area contributed by atoms with E-state index in [2.05, 4.69) is 29.8 Å². The van der Waals surface area contributed by atoms with Gasteiger partial charge < -0.3 is 14.2 Å². The van der Waals surface area contributed by atoms with E-state index < -0.39 is 0 Å². The van der Waals surface area contributed by atoms with Gasteiger partial charge in [0.05, 0.1) is 13.2 Å². The van der Waals surface area contributed by atoms with Crippen LogP contribution in [0, 0.1) is 0 Å². The van der Waals surface area contributed by atoms with E-state index in [1.165, 1.54) is 96.3 Å². The van der Waals surface area contributed by atoms with Gasteiger partial charge in [-0.05, 0) is 37.0 Å². The molecule has 0 bridgehead atoms. The van der Waals surface area contributed by atoms with Crippen LogP contribution in [0.25, 0.3) is 0 Å². The highest BCUT2D eigenvalue weighted by atomic mass is 79.9. The van der Waals surface area contributed by atoms with Crippen LogP contribution in [0.5, 0.6) is 11.5 Å². The fourth-order valence-corrected chi connectivity index (χ4v) is 4.64. The molecule has 37 heavy (non-hydrogen) atoms. The molecule has 0 aliphatic heterocycles. The molecule has 0 aromatic heterocycles. The molecule has 0 fully saturated rings. The van der Waals surface area contributed by atoms with E-state index in [1.54, 1.807) is 0 Å².